The maximum atomic E-state index is 10.8. The summed E-state index contributed by atoms with van der Waals surface area (Å²) in [5.41, 5.74) is 0. The molecule has 0 aromatic rings. The first-order valence-corrected chi connectivity index (χ1v) is 8.31. The second-order valence-electron chi connectivity index (χ2n) is 6.32. The van der Waals surface area contributed by atoms with Gasteiger partial charge < -0.3 is 41.3 Å². The molecule has 0 amide bonds. The number of nitrogens with one attached hydrogen (secondary N) is 2. The molecule has 1 aliphatic rings. The van der Waals surface area contributed by atoms with Crippen molar-refractivity contribution in [3.63, 3.8) is 0 Å². The second-order valence-corrected chi connectivity index (χ2v) is 6.32. The van der Waals surface area contributed by atoms with Gasteiger partial charge in [-0.15, -0.1) is 0 Å². The van der Waals surface area contributed by atoms with Crippen LogP contribution in [0.5, 0.6) is 0 Å². The highest BCUT2D eigenvalue weighted by atomic mass is 16.4. The zero-order valence-corrected chi connectivity index (χ0v) is 14.1. The Morgan fingerprint density at radius 3 is 1.38 bits per heavy atom. The van der Waals surface area contributed by atoms with Crippen LogP contribution in [0.2, 0.25) is 0 Å². The predicted molar refractivity (Wildman–Crippen MR) is 86.5 cm³/mol. The van der Waals surface area contributed by atoms with Crippen molar-refractivity contribution in [2.24, 2.45) is 5.92 Å². The molecule has 0 bridgehead atoms. The second kappa shape index (κ2) is 10.4. The molecule has 1 aliphatic carbocycles. The zero-order chi connectivity index (χ0) is 19.9. The lowest BCUT2D eigenvalue weighted by molar-refractivity contribution is -0.142. The van der Waals surface area contributed by atoms with E-state index in [9.17, 15) is 29.7 Å². The van der Waals surface area contributed by atoms with Crippen molar-refractivity contribution >= 4 is 17.9 Å². The molecule has 0 aromatic heterocycles. The molecule has 1 rings (SSSR count). The Labute approximate surface area is 149 Å². The van der Waals surface area contributed by atoms with E-state index in [1.54, 1.807) is 0 Å². The molecule has 6 atom stereocenters. The number of aliphatic carboxylic acids is 3. The molecular formula is C15H26N2O9. The van der Waals surface area contributed by atoms with Crippen LogP contribution in [-0.4, -0.2) is 92.0 Å². The van der Waals surface area contributed by atoms with E-state index in [0.29, 0.717) is 0 Å². The van der Waals surface area contributed by atoms with E-state index >= 15 is 0 Å². The van der Waals surface area contributed by atoms with Gasteiger partial charge in [0.05, 0.1) is 43.2 Å². The van der Waals surface area contributed by atoms with E-state index < -0.39 is 54.2 Å². The standard InChI is InChI=1S/C15H26N2O9/c18-8(19)2-1-7-13(24)11(16-5-3-9(20)21)15(26)12(14(7)25)17-6-4-10(22)23/h7,11-17,24-26H,1-6H2,(H,18,19)(H,20,21)(H,22,23)/t7?,11-,12+,13-,14+,15?. The largest absolute Gasteiger partial charge is 0.481 e. The molecule has 8 N–H and O–H groups in total. The van der Waals surface area contributed by atoms with E-state index in [0.717, 1.165) is 0 Å². The Kier molecular flexibility index (Phi) is 8.88. The summed E-state index contributed by atoms with van der Waals surface area (Å²) in [5, 5.41) is 63.0. The summed E-state index contributed by atoms with van der Waals surface area (Å²) >= 11 is 0. The molecule has 11 heteroatoms. The lowest BCUT2D eigenvalue weighted by Gasteiger charge is -2.46. The third-order valence-corrected chi connectivity index (χ3v) is 4.48. The molecule has 0 saturated heterocycles. The van der Waals surface area contributed by atoms with Crippen LogP contribution < -0.4 is 10.6 Å². The van der Waals surface area contributed by atoms with Gasteiger partial charge in [-0.05, 0) is 6.42 Å². The minimum atomic E-state index is -1.33. The predicted octanol–water partition coefficient (Wildman–Crippen LogP) is -2.57. The van der Waals surface area contributed by atoms with Gasteiger partial charge in [0, 0.05) is 25.4 Å². The van der Waals surface area contributed by atoms with Crippen LogP contribution in [0.3, 0.4) is 0 Å². The summed E-state index contributed by atoms with van der Waals surface area (Å²) in [7, 11) is 0. The molecule has 150 valence electrons. The van der Waals surface area contributed by atoms with Crippen LogP contribution in [0, 0.1) is 5.92 Å². The topological polar surface area (TPSA) is 197 Å². The highest BCUT2D eigenvalue weighted by Gasteiger charge is 2.48. The van der Waals surface area contributed by atoms with Gasteiger partial charge in [-0.25, -0.2) is 0 Å². The van der Waals surface area contributed by atoms with E-state index in [1.165, 1.54) is 0 Å². The number of carboxylic acids is 3. The molecule has 2 unspecified atom stereocenters. The number of aliphatic hydroxyl groups excluding tert-OH is 3. The normalized spacial score (nSPS) is 31.5. The third kappa shape index (κ3) is 6.50. The van der Waals surface area contributed by atoms with E-state index in [1.807, 2.05) is 0 Å². The monoisotopic (exact) mass is 378 g/mol. The summed E-state index contributed by atoms with van der Waals surface area (Å²) < 4.78 is 0. The summed E-state index contributed by atoms with van der Waals surface area (Å²) in [6, 6.07) is -2.00. The van der Waals surface area contributed by atoms with Gasteiger partial charge in [0.1, 0.15) is 0 Å². The minimum Gasteiger partial charge on any atom is -0.481 e. The lowest BCUT2D eigenvalue weighted by Crippen LogP contribution is -2.69. The Morgan fingerprint density at radius 1 is 0.654 bits per heavy atom. The fourth-order valence-corrected chi connectivity index (χ4v) is 3.17. The van der Waals surface area contributed by atoms with Crippen molar-refractivity contribution in [1.82, 2.24) is 10.6 Å². The molecule has 0 spiro atoms. The Morgan fingerprint density at radius 2 is 1.04 bits per heavy atom. The Hall–Kier alpha value is -1.79. The van der Waals surface area contributed by atoms with Crippen LogP contribution in [0.15, 0.2) is 0 Å². The fraction of sp³-hybridized carbons (Fsp3) is 0.800. The number of hydrogen-bond donors (Lipinski definition) is 8. The maximum Gasteiger partial charge on any atom is 0.304 e. The highest BCUT2D eigenvalue weighted by molar-refractivity contribution is 5.67. The number of rotatable bonds is 11. The average Bonchev–Trinajstić information content (AvgIpc) is 2.53. The fourth-order valence-electron chi connectivity index (χ4n) is 3.17. The van der Waals surface area contributed by atoms with Crippen molar-refractivity contribution in [1.29, 1.82) is 0 Å². The quantitative estimate of drug-likeness (QED) is 0.188. The summed E-state index contributed by atoms with van der Waals surface area (Å²) in [6.07, 6.45) is -4.80. The molecule has 0 heterocycles. The van der Waals surface area contributed by atoms with Gasteiger partial charge in [-0.1, -0.05) is 0 Å². The van der Waals surface area contributed by atoms with Crippen LogP contribution in [0.1, 0.15) is 25.7 Å². The van der Waals surface area contributed by atoms with Gasteiger partial charge in [0.25, 0.3) is 0 Å². The molecule has 0 radical (unpaired) electrons. The molecule has 1 saturated carbocycles. The van der Waals surface area contributed by atoms with Crippen LogP contribution in [0.4, 0.5) is 0 Å². The first-order chi connectivity index (χ1) is 12.1. The Balaban J connectivity index is 2.86. The van der Waals surface area contributed by atoms with Gasteiger partial charge >= 0.3 is 17.9 Å². The SMILES string of the molecule is O=C(O)CCN[C@@H]1C(O)[C@H](NCCC(=O)O)[C@H](O)C(CCC(=O)O)[C@@H]1O. The Bertz CT molecular complexity index is 468. The van der Waals surface area contributed by atoms with Crippen LogP contribution >= 0.6 is 0 Å². The molecular weight excluding hydrogens is 352 g/mol. The first-order valence-electron chi connectivity index (χ1n) is 8.31. The lowest BCUT2D eigenvalue weighted by atomic mass is 9.73. The number of aliphatic hydroxyl groups is 3. The smallest absolute Gasteiger partial charge is 0.304 e. The molecule has 0 aliphatic heterocycles. The van der Waals surface area contributed by atoms with Crippen molar-refractivity contribution in [2.45, 2.75) is 56.1 Å². The number of hydrogen-bond acceptors (Lipinski definition) is 8. The van der Waals surface area contributed by atoms with E-state index in [-0.39, 0.29) is 38.8 Å². The van der Waals surface area contributed by atoms with Gasteiger partial charge in [-0.2, -0.15) is 0 Å². The van der Waals surface area contributed by atoms with Crippen molar-refractivity contribution in [2.75, 3.05) is 13.1 Å². The van der Waals surface area contributed by atoms with Crippen LogP contribution in [0.25, 0.3) is 0 Å². The van der Waals surface area contributed by atoms with Gasteiger partial charge in [-0.3, -0.25) is 14.4 Å². The molecule has 26 heavy (non-hydrogen) atoms. The zero-order valence-electron chi connectivity index (χ0n) is 14.1. The maximum absolute atomic E-state index is 10.8. The molecule has 1 fully saturated rings. The van der Waals surface area contributed by atoms with Crippen molar-refractivity contribution in [3.8, 4) is 0 Å². The summed E-state index contributed by atoms with van der Waals surface area (Å²) in [4.78, 5) is 32.1. The van der Waals surface area contributed by atoms with Gasteiger partial charge in [0.2, 0.25) is 0 Å². The number of carboxylic acid groups (broad SMARTS) is 3. The molecule has 0 aromatic carbocycles. The van der Waals surface area contributed by atoms with E-state index in [2.05, 4.69) is 10.6 Å². The first kappa shape index (κ1) is 22.3. The molecule has 11 nitrogen and oxygen atoms in total. The van der Waals surface area contributed by atoms with Gasteiger partial charge in [0.15, 0.2) is 0 Å². The third-order valence-electron chi connectivity index (χ3n) is 4.48. The van der Waals surface area contributed by atoms with E-state index in [4.69, 9.17) is 15.3 Å². The highest BCUT2D eigenvalue weighted by Crippen LogP contribution is 2.30. The van der Waals surface area contributed by atoms with Crippen molar-refractivity contribution in [3.05, 3.63) is 0 Å². The average molecular weight is 378 g/mol. The number of carbonyl (C=O) groups is 3. The van der Waals surface area contributed by atoms with Crippen LogP contribution in [-0.2, 0) is 14.4 Å². The summed E-state index contributed by atoms with van der Waals surface area (Å²) in [6.45, 7) is -0.0879. The van der Waals surface area contributed by atoms with Crippen molar-refractivity contribution < 1.29 is 45.0 Å². The minimum absolute atomic E-state index is 0.0439. The summed E-state index contributed by atoms with van der Waals surface area (Å²) in [5.74, 6) is -4.15.